The summed E-state index contributed by atoms with van der Waals surface area (Å²) in [6.45, 7) is 3.75. The van der Waals surface area contributed by atoms with Crippen molar-refractivity contribution < 1.29 is 17.9 Å². The maximum absolute atomic E-state index is 12.0. The number of esters is 1. The van der Waals surface area contributed by atoms with Gasteiger partial charge in [0.15, 0.2) is 0 Å². The number of hydrogen-bond donors (Lipinski definition) is 1. The van der Waals surface area contributed by atoms with Crippen LogP contribution in [-0.4, -0.2) is 32.6 Å². The number of nitrogens with one attached hydrogen (secondary N) is 1. The van der Waals surface area contributed by atoms with Crippen molar-refractivity contribution in [2.45, 2.75) is 13.8 Å². The van der Waals surface area contributed by atoms with Gasteiger partial charge in [0.05, 0.1) is 23.6 Å². The number of halogens is 2. The van der Waals surface area contributed by atoms with Crippen LogP contribution in [0, 0.1) is 5.92 Å². The van der Waals surface area contributed by atoms with Crippen LogP contribution >= 0.6 is 27.5 Å². The molecular weight excluding hydrogens is 382 g/mol. The zero-order valence-corrected chi connectivity index (χ0v) is 14.9. The van der Waals surface area contributed by atoms with Gasteiger partial charge in [-0.3, -0.25) is 4.72 Å². The highest BCUT2D eigenvalue weighted by Gasteiger charge is 2.17. The highest BCUT2D eigenvalue weighted by Crippen LogP contribution is 2.25. The summed E-state index contributed by atoms with van der Waals surface area (Å²) in [5.41, 5.74) is 0.714. The van der Waals surface area contributed by atoms with Gasteiger partial charge in [-0.2, -0.15) is 0 Å². The molecule has 0 saturated heterocycles. The summed E-state index contributed by atoms with van der Waals surface area (Å²) in [6.07, 6.45) is 0. The van der Waals surface area contributed by atoms with Gasteiger partial charge >= 0.3 is 5.97 Å². The molecule has 0 fully saturated rings. The van der Waals surface area contributed by atoms with Gasteiger partial charge in [0.1, 0.15) is 0 Å². The van der Waals surface area contributed by atoms with Gasteiger partial charge < -0.3 is 4.74 Å². The average molecular weight is 399 g/mol. The molecule has 0 saturated carbocycles. The summed E-state index contributed by atoms with van der Waals surface area (Å²) in [6, 6.07) is 4.53. The summed E-state index contributed by atoms with van der Waals surface area (Å²) in [7, 11) is -3.49. The minimum Gasteiger partial charge on any atom is -0.462 e. The molecule has 1 N–H and O–H groups in total. The first-order valence-electron chi connectivity index (χ1n) is 6.32. The van der Waals surface area contributed by atoms with Crippen molar-refractivity contribution in [1.29, 1.82) is 0 Å². The molecule has 1 unspecified atom stereocenters. The van der Waals surface area contributed by atoms with Crippen molar-refractivity contribution in [3.8, 4) is 0 Å². The molecule has 1 aromatic carbocycles. The molecule has 5 nitrogen and oxygen atoms in total. The fourth-order valence-corrected chi connectivity index (χ4v) is 3.88. The Morgan fingerprint density at radius 1 is 1.48 bits per heavy atom. The summed E-state index contributed by atoms with van der Waals surface area (Å²) >= 11 is 8.87. The molecule has 1 atom stereocenters. The average Bonchev–Trinajstić information content (AvgIpc) is 2.40. The third kappa shape index (κ3) is 5.84. The van der Waals surface area contributed by atoms with Gasteiger partial charge in [-0.15, -0.1) is 11.6 Å². The van der Waals surface area contributed by atoms with Crippen LogP contribution in [0.3, 0.4) is 0 Å². The van der Waals surface area contributed by atoms with Crippen LogP contribution in [0.25, 0.3) is 0 Å². The van der Waals surface area contributed by atoms with E-state index in [0.29, 0.717) is 15.7 Å². The van der Waals surface area contributed by atoms with E-state index >= 15 is 0 Å². The second kappa shape index (κ2) is 8.00. The summed E-state index contributed by atoms with van der Waals surface area (Å²) in [5, 5.41) is 0. The number of alkyl halides is 1. The fraction of sp³-hybridized carbons (Fsp3) is 0.462. The molecule has 0 bridgehead atoms. The maximum Gasteiger partial charge on any atom is 0.338 e. The molecule has 1 rings (SSSR count). The number of rotatable bonds is 7. The van der Waals surface area contributed by atoms with Gasteiger partial charge in [-0.25, -0.2) is 13.2 Å². The van der Waals surface area contributed by atoms with Gasteiger partial charge in [-0.1, -0.05) is 6.92 Å². The van der Waals surface area contributed by atoms with Gasteiger partial charge in [0, 0.05) is 10.4 Å². The van der Waals surface area contributed by atoms with Crippen molar-refractivity contribution in [3.63, 3.8) is 0 Å². The van der Waals surface area contributed by atoms with Gasteiger partial charge in [0.25, 0.3) is 0 Å². The number of carbonyl (C=O) groups excluding carboxylic acids is 1. The van der Waals surface area contributed by atoms with Crippen LogP contribution in [0.1, 0.15) is 24.2 Å². The fourth-order valence-electron chi connectivity index (χ4n) is 1.57. The predicted molar refractivity (Wildman–Crippen MR) is 87.4 cm³/mol. The first kappa shape index (κ1) is 18.3. The van der Waals surface area contributed by atoms with E-state index in [1.54, 1.807) is 13.8 Å². The van der Waals surface area contributed by atoms with Crippen molar-refractivity contribution in [2.75, 3.05) is 23.0 Å². The monoisotopic (exact) mass is 397 g/mol. The lowest BCUT2D eigenvalue weighted by Gasteiger charge is -2.13. The molecule has 0 aromatic heterocycles. The SMILES string of the molecule is CCOC(=O)c1ccc(NS(=O)(=O)CC(C)CCl)c(Br)c1. The van der Waals surface area contributed by atoms with E-state index in [2.05, 4.69) is 20.7 Å². The second-order valence-electron chi connectivity index (χ2n) is 4.56. The van der Waals surface area contributed by atoms with E-state index in [4.69, 9.17) is 16.3 Å². The third-order valence-corrected chi connectivity index (χ3v) is 5.23. The largest absolute Gasteiger partial charge is 0.462 e. The Balaban J connectivity index is 2.88. The Hall–Kier alpha value is -0.790. The Labute approximate surface area is 138 Å². The first-order valence-corrected chi connectivity index (χ1v) is 9.30. The van der Waals surface area contributed by atoms with Crippen LogP contribution < -0.4 is 4.72 Å². The van der Waals surface area contributed by atoms with E-state index in [1.165, 1.54) is 18.2 Å². The number of anilines is 1. The topological polar surface area (TPSA) is 72.5 Å². The molecular formula is C13H17BrClNO4S. The molecule has 118 valence electrons. The minimum absolute atomic E-state index is 0.0669. The molecule has 0 radical (unpaired) electrons. The number of carbonyl (C=O) groups is 1. The summed E-state index contributed by atoms with van der Waals surface area (Å²) in [5.74, 6) is -0.406. The van der Waals surface area contributed by atoms with E-state index in [-0.39, 0.29) is 24.2 Å². The second-order valence-corrected chi connectivity index (χ2v) is 7.49. The zero-order chi connectivity index (χ0) is 16.0. The molecule has 0 aliphatic carbocycles. The van der Waals surface area contributed by atoms with E-state index < -0.39 is 16.0 Å². The Bertz CT molecular complexity index is 606. The lowest BCUT2D eigenvalue weighted by Crippen LogP contribution is -2.22. The summed E-state index contributed by atoms with van der Waals surface area (Å²) in [4.78, 5) is 11.6. The van der Waals surface area contributed by atoms with Crippen LogP contribution in [0.15, 0.2) is 22.7 Å². The normalized spacial score (nSPS) is 12.8. The van der Waals surface area contributed by atoms with E-state index in [0.717, 1.165) is 0 Å². The molecule has 0 amide bonds. The molecule has 21 heavy (non-hydrogen) atoms. The van der Waals surface area contributed by atoms with E-state index in [1.807, 2.05) is 0 Å². The predicted octanol–water partition coefficient (Wildman–Crippen LogP) is 3.24. The molecule has 0 heterocycles. The first-order chi connectivity index (χ1) is 9.79. The van der Waals surface area contributed by atoms with Crippen molar-refractivity contribution in [1.82, 2.24) is 0 Å². The van der Waals surface area contributed by atoms with Crippen LogP contribution in [-0.2, 0) is 14.8 Å². The molecule has 0 spiro atoms. The highest BCUT2D eigenvalue weighted by molar-refractivity contribution is 9.10. The lowest BCUT2D eigenvalue weighted by molar-refractivity contribution is 0.0526. The smallest absolute Gasteiger partial charge is 0.338 e. The molecule has 0 aliphatic rings. The Kier molecular flexibility index (Phi) is 6.96. The highest BCUT2D eigenvalue weighted by atomic mass is 79.9. The van der Waals surface area contributed by atoms with Crippen LogP contribution in [0.2, 0.25) is 0 Å². The molecule has 0 aliphatic heterocycles. The minimum atomic E-state index is -3.49. The number of hydrogen-bond acceptors (Lipinski definition) is 4. The van der Waals surface area contributed by atoms with E-state index in [9.17, 15) is 13.2 Å². The Morgan fingerprint density at radius 3 is 2.67 bits per heavy atom. The van der Waals surface area contributed by atoms with Crippen molar-refractivity contribution in [3.05, 3.63) is 28.2 Å². The number of ether oxygens (including phenoxy) is 1. The quantitative estimate of drug-likeness (QED) is 0.565. The standard InChI is InChI=1S/C13H17BrClNO4S/c1-3-20-13(17)10-4-5-12(11(14)6-10)16-21(18,19)8-9(2)7-15/h4-6,9,16H,3,7-8H2,1-2H3. The van der Waals surface area contributed by atoms with Crippen molar-refractivity contribution in [2.24, 2.45) is 5.92 Å². The Morgan fingerprint density at radius 2 is 2.14 bits per heavy atom. The summed E-state index contributed by atoms with van der Waals surface area (Å²) < 4.78 is 31.7. The molecule has 8 heteroatoms. The zero-order valence-electron chi connectivity index (χ0n) is 11.7. The lowest BCUT2D eigenvalue weighted by atomic mass is 10.2. The third-order valence-electron chi connectivity index (χ3n) is 2.51. The van der Waals surface area contributed by atoms with Crippen LogP contribution in [0.4, 0.5) is 5.69 Å². The van der Waals surface area contributed by atoms with Crippen LogP contribution in [0.5, 0.6) is 0 Å². The van der Waals surface area contributed by atoms with Crippen molar-refractivity contribution >= 4 is 49.2 Å². The van der Waals surface area contributed by atoms with Gasteiger partial charge in [0.2, 0.25) is 10.0 Å². The number of sulfonamides is 1. The maximum atomic E-state index is 12.0. The molecule has 1 aromatic rings. The number of benzene rings is 1. The van der Waals surface area contributed by atoms with Gasteiger partial charge in [-0.05, 0) is 47.0 Å².